The number of rotatable bonds is 6. The maximum atomic E-state index is 13.0. The number of carbonyl (C=O) groups excluding carboxylic acids is 1. The summed E-state index contributed by atoms with van der Waals surface area (Å²) in [6.45, 7) is 8.92. The summed E-state index contributed by atoms with van der Waals surface area (Å²) >= 11 is 0. The zero-order valence-corrected chi connectivity index (χ0v) is 18.3. The van der Waals surface area contributed by atoms with Gasteiger partial charge in [0.25, 0.3) is 12.3 Å². The van der Waals surface area contributed by atoms with Crippen molar-refractivity contribution in [2.24, 2.45) is 17.3 Å². The monoisotopic (exact) mass is 422 g/mol. The molecule has 0 bridgehead atoms. The number of hydrogen-bond acceptors (Lipinski definition) is 5. The second-order valence-electron chi connectivity index (χ2n) is 9.74. The smallest absolute Gasteiger partial charge is 0.275 e. The number of likely N-dealkylation sites (tertiary alicyclic amines) is 1. The quantitative estimate of drug-likeness (QED) is 0.655. The summed E-state index contributed by atoms with van der Waals surface area (Å²) in [7, 11) is 1.84. The molecule has 2 heterocycles. The average molecular weight is 423 g/mol. The first kappa shape index (κ1) is 22.5. The fraction of sp³-hybridized carbons (Fsp3) is 0.636. The van der Waals surface area contributed by atoms with Crippen LogP contribution in [0.3, 0.4) is 0 Å². The largest absolute Gasteiger partial charge is 0.382 e. The molecule has 3 rings (SSSR count). The van der Waals surface area contributed by atoms with Gasteiger partial charge >= 0.3 is 0 Å². The van der Waals surface area contributed by atoms with E-state index in [9.17, 15) is 18.7 Å². The maximum Gasteiger partial charge on any atom is 0.275 e. The molecule has 1 aromatic heterocycles. The standard InChI is InChI=1S/C22H32F2N4O2/c1-21(2,3)12-26-17-7-6-16(27-18(17)25-5)13-8-14-10-28(11-15(14)9-13)20(29)22(4,30)19(23)24/h6-8,14-15,19,26,30H,9-12H2,1-5H3,(H,25,27). The van der Waals surface area contributed by atoms with Crippen molar-refractivity contribution in [3.8, 4) is 0 Å². The maximum absolute atomic E-state index is 13.0. The zero-order chi connectivity index (χ0) is 22.3. The van der Waals surface area contributed by atoms with Crippen LogP contribution in [-0.4, -0.2) is 59.6 Å². The predicted molar refractivity (Wildman–Crippen MR) is 115 cm³/mol. The lowest BCUT2D eigenvalue weighted by Gasteiger charge is -2.27. The van der Waals surface area contributed by atoms with E-state index in [0.717, 1.165) is 42.7 Å². The van der Waals surface area contributed by atoms with Gasteiger partial charge in [-0.25, -0.2) is 13.8 Å². The van der Waals surface area contributed by atoms with Gasteiger partial charge in [-0.05, 0) is 48.3 Å². The number of alkyl halides is 2. The number of allylic oxidation sites excluding steroid dienone is 1. The molecule has 0 spiro atoms. The Morgan fingerprint density at radius 2 is 2.00 bits per heavy atom. The highest BCUT2D eigenvalue weighted by atomic mass is 19.3. The number of hydrogen-bond donors (Lipinski definition) is 3. The highest BCUT2D eigenvalue weighted by Crippen LogP contribution is 2.42. The van der Waals surface area contributed by atoms with Crippen LogP contribution < -0.4 is 10.6 Å². The Hall–Kier alpha value is -2.22. The summed E-state index contributed by atoms with van der Waals surface area (Å²) in [5.41, 5.74) is 0.447. The van der Waals surface area contributed by atoms with Gasteiger partial charge in [-0.1, -0.05) is 26.8 Å². The zero-order valence-electron chi connectivity index (χ0n) is 18.3. The van der Waals surface area contributed by atoms with Crippen molar-refractivity contribution in [3.63, 3.8) is 0 Å². The van der Waals surface area contributed by atoms with E-state index in [4.69, 9.17) is 4.98 Å². The summed E-state index contributed by atoms with van der Waals surface area (Å²) in [4.78, 5) is 18.4. The van der Waals surface area contributed by atoms with E-state index in [1.165, 1.54) is 4.90 Å². The number of pyridine rings is 1. The average Bonchev–Trinajstić information content (AvgIpc) is 3.23. The van der Waals surface area contributed by atoms with Gasteiger partial charge in [0.05, 0.1) is 11.4 Å². The Balaban J connectivity index is 1.71. The van der Waals surface area contributed by atoms with Gasteiger partial charge in [0.2, 0.25) is 5.60 Å². The van der Waals surface area contributed by atoms with Crippen molar-refractivity contribution in [2.45, 2.75) is 46.1 Å². The summed E-state index contributed by atoms with van der Waals surface area (Å²) in [5.74, 6) is 0.137. The molecule has 3 N–H and O–H groups in total. The van der Waals surface area contributed by atoms with Crippen LogP contribution in [0.25, 0.3) is 5.57 Å². The van der Waals surface area contributed by atoms with E-state index in [0.29, 0.717) is 13.1 Å². The van der Waals surface area contributed by atoms with Gasteiger partial charge in [-0.2, -0.15) is 0 Å². The highest BCUT2D eigenvalue weighted by molar-refractivity contribution is 5.85. The van der Waals surface area contributed by atoms with Crippen LogP contribution >= 0.6 is 0 Å². The lowest BCUT2D eigenvalue weighted by atomic mass is 9.97. The molecule has 1 aromatic rings. The summed E-state index contributed by atoms with van der Waals surface area (Å²) < 4.78 is 26.0. The summed E-state index contributed by atoms with van der Waals surface area (Å²) in [6.07, 6.45) is -0.277. The van der Waals surface area contributed by atoms with Gasteiger partial charge in [0.1, 0.15) is 5.82 Å². The molecule has 6 nitrogen and oxygen atoms in total. The van der Waals surface area contributed by atoms with Crippen LogP contribution in [0.4, 0.5) is 20.3 Å². The first-order valence-corrected chi connectivity index (χ1v) is 10.4. The highest BCUT2D eigenvalue weighted by Gasteiger charge is 2.47. The van der Waals surface area contributed by atoms with Crippen molar-refractivity contribution in [1.82, 2.24) is 9.88 Å². The molecule has 3 atom stereocenters. The normalized spacial score (nSPS) is 23.2. The molecule has 0 saturated carbocycles. The van der Waals surface area contributed by atoms with Gasteiger partial charge in [-0.3, -0.25) is 4.79 Å². The Labute approximate surface area is 176 Å². The molecule has 1 amide bonds. The lowest BCUT2D eigenvalue weighted by molar-refractivity contribution is -0.164. The van der Waals surface area contributed by atoms with Gasteiger partial charge in [0.15, 0.2) is 0 Å². The van der Waals surface area contributed by atoms with E-state index < -0.39 is 17.9 Å². The number of carbonyl (C=O) groups is 1. The van der Waals surface area contributed by atoms with Gasteiger partial charge in [0, 0.05) is 26.7 Å². The van der Waals surface area contributed by atoms with Crippen LogP contribution in [0, 0.1) is 17.3 Å². The number of halogens is 2. The van der Waals surface area contributed by atoms with Crippen LogP contribution in [0.2, 0.25) is 0 Å². The number of fused-ring (bicyclic) bond motifs is 1. The van der Waals surface area contributed by atoms with E-state index in [1.54, 1.807) is 0 Å². The number of aromatic nitrogens is 1. The lowest BCUT2D eigenvalue weighted by Crippen LogP contribution is -2.51. The molecule has 0 radical (unpaired) electrons. The molecular weight excluding hydrogens is 390 g/mol. The van der Waals surface area contributed by atoms with E-state index in [1.807, 2.05) is 19.2 Å². The molecule has 1 fully saturated rings. The number of nitrogens with one attached hydrogen (secondary N) is 2. The molecular formula is C22H32F2N4O2. The van der Waals surface area contributed by atoms with Crippen LogP contribution in [0.5, 0.6) is 0 Å². The van der Waals surface area contributed by atoms with Crippen LogP contribution in [-0.2, 0) is 4.79 Å². The van der Waals surface area contributed by atoms with Crippen molar-refractivity contribution < 1.29 is 18.7 Å². The van der Waals surface area contributed by atoms with Gasteiger partial charge in [-0.15, -0.1) is 0 Å². The predicted octanol–water partition coefficient (Wildman–Crippen LogP) is 3.46. The van der Waals surface area contributed by atoms with Crippen molar-refractivity contribution >= 4 is 23.0 Å². The molecule has 8 heteroatoms. The van der Waals surface area contributed by atoms with E-state index >= 15 is 0 Å². The molecule has 30 heavy (non-hydrogen) atoms. The van der Waals surface area contributed by atoms with Crippen molar-refractivity contribution in [3.05, 3.63) is 23.9 Å². The summed E-state index contributed by atoms with van der Waals surface area (Å²) in [5, 5.41) is 16.4. The molecule has 3 unspecified atom stereocenters. The topological polar surface area (TPSA) is 77.5 Å². The third-order valence-electron chi connectivity index (χ3n) is 5.80. The molecule has 0 aromatic carbocycles. The number of aliphatic hydroxyl groups is 1. The Bertz CT molecular complexity index is 833. The van der Waals surface area contributed by atoms with E-state index in [2.05, 4.69) is 37.5 Å². The second kappa shape index (κ2) is 8.13. The Kier molecular flexibility index (Phi) is 6.09. The Morgan fingerprint density at radius 3 is 2.57 bits per heavy atom. The first-order valence-electron chi connectivity index (χ1n) is 10.4. The number of nitrogens with zero attached hydrogens (tertiary/aromatic N) is 2. The molecule has 1 saturated heterocycles. The molecule has 1 aliphatic carbocycles. The third kappa shape index (κ3) is 4.58. The van der Waals surface area contributed by atoms with E-state index in [-0.39, 0.29) is 17.3 Å². The SMILES string of the molecule is CNc1nc(C2=CC3CN(C(=O)C(C)(O)C(F)F)CC3C2)ccc1NCC(C)(C)C. The third-order valence-corrected chi connectivity index (χ3v) is 5.80. The van der Waals surface area contributed by atoms with Crippen LogP contribution in [0.1, 0.15) is 39.8 Å². The first-order chi connectivity index (χ1) is 13.9. The minimum atomic E-state index is -3.11. The number of anilines is 2. The minimum Gasteiger partial charge on any atom is -0.382 e. The molecule has 2 aliphatic rings. The van der Waals surface area contributed by atoms with Gasteiger partial charge < -0.3 is 20.6 Å². The Morgan fingerprint density at radius 1 is 1.30 bits per heavy atom. The fourth-order valence-electron chi connectivity index (χ4n) is 4.01. The minimum absolute atomic E-state index is 0.0935. The van der Waals surface area contributed by atoms with Crippen LogP contribution in [0.15, 0.2) is 18.2 Å². The molecule has 1 aliphatic heterocycles. The molecule has 166 valence electrons. The second-order valence-corrected chi connectivity index (χ2v) is 9.74. The van der Waals surface area contributed by atoms with Crippen molar-refractivity contribution in [1.29, 1.82) is 0 Å². The van der Waals surface area contributed by atoms with Crippen molar-refractivity contribution in [2.75, 3.05) is 37.3 Å². The number of amides is 1. The summed E-state index contributed by atoms with van der Waals surface area (Å²) in [6, 6.07) is 4.01. The fourth-order valence-corrected chi connectivity index (χ4v) is 4.01.